The highest BCUT2D eigenvalue weighted by atomic mass is 19.1. The molecular formula is C14H19FN2O2. The van der Waals surface area contributed by atoms with E-state index in [2.05, 4.69) is 5.32 Å². The van der Waals surface area contributed by atoms with E-state index in [1.807, 2.05) is 13.0 Å². The van der Waals surface area contributed by atoms with Crippen LogP contribution in [0.25, 0.3) is 0 Å². The molecule has 0 heterocycles. The summed E-state index contributed by atoms with van der Waals surface area (Å²) in [7, 11) is 1.58. The molecule has 0 spiro atoms. The number of hydrogen-bond donors (Lipinski definition) is 2. The molecule has 0 aliphatic carbocycles. The number of halogens is 1. The van der Waals surface area contributed by atoms with E-state index in [-0.39, 0.29) is 19.0 Å². The van der Waals surface area contributed by atoms with E-state index < -0.39 is 5.54 Å². The molecule has 0 aliphatic rings. The molecule has 0 saturated heterocycles. The van der Waals surface area contributed by atoms with Gasteiger partial charge < -0.3 is 15.2 Å². The number of nitrogens with zero attached hydrogens (tertiary/aromatic N) is 1. The fraction of sp³-hybridized carbons (Fsp3) is 0.500. The van der Waals surface area contributed by atoms with E-state index in [1.165, 1.54) is 18.2 Å². The lowest BCUT2D eigenvalue weighted by Crippen LogP contribution is -2.46. The number of aliphatic hydroxyl groups is 1. The molecule has 0 amide bonds. The van der Waals surface area contributed by atoms with Gasteiger partial charge in [-0.15, -0.1) is 0 Å². The summed E-state index contributed by atoms with van der Waals surface area (Å²) in [5.41, 5.74) is 0.423. The molecule has 1 rings (SSSR count). The highest BCUT2D eigenvalue weighted by Crippen LogP contribution is 2.14. The predicted molar refractivity (Wildman–Crippen MR) is 69.9 cm³/mol. The van der Waals surface area contributed by atoms with Gasteiger partial charge in [-0.2, -0.15) is 5.26 Å². The van der Waals surface area contributed by atoms with Gasteiger partial charge in [0.1, 0.15) is 5.82 Å². The van der Waals surface area contributed by atoms with Crippen molar-refractivity contribution in [3.05, 3.63) is 35.1 Å². The zero-order valence-electron chi connectivity index (χ0n) is 11.2. The standard InChI is InChI=1S/C14H19FN2O2/c1-14(5-6-18,10-19-2)17-9-12-7-11(8-16)3-4-13(12)15/h3-4,7,17-18H,5-6,9-10H2,1-2H3/t14-/m1/s1. The van der Waals surface area contributed by atoms with Crippen LogP contribution in [0.4, 0.5) is 4.39 Å². The topological polar surface area (TPSA) is 65.3 Å². The van der Waals surface area contributed by atoms with Crippen molar-refractivity contribution < 1.29 is 14.2 Å². The number of ether oxygens (including phenoxy) is 1. The summed E-state index contributed by atoms with van der Waals surface area (Å²) in [5, 5.41) is 21.0. The van der Waals surface area contributed by atoms with Gasteiger partial charge in [0, 0.05) is 31.4 Å². The highest BCUT2D eigenvalue weighted by Gasteiger charge is 2.23. The summed E-state index contributed by atoms with van der Waals surface area (Å²) in [6.07, 6.45) is 0.500. The van der Waals surface area contributed by atoms with Crippen molar-refractivity contribution in [2.24, 2.45) is 0 Å². The minimum absolute atomic E-state index is 0.0214. The van der Waals surface area contributed by atoms with Crippen molar-refractivity contribution in [1.29, 1.82) is 5.26 Å². The quantitative estimate of drug-likeness (QED) is 0.786. The summed E-state index contributed by atoms with van der Waals surface area (Å²) < 4.78 is 18.7. The molecule has 0 fully saturated rings. The molecule has 1 aromatic rings. The number of rotatable bonds is 7. The van der Waals surface area contributed by atoms with Gasteiger partial charge in [0.2, 0.25) is 0 Å². The van der Waals surface area contributed by atoms with Crippen LogP contribution in [0.3, 0.4) is 0 Å². The predicted octanol–water partition coefficient (Wildman–Crippen LogP) is 1.57. The number of nitrogens with one attached hydrogen (secondary N) is 1. The first-order chi connectivity index (χ1) is 9.04. The molecule has 1 aromatic carbocycles. The van der Waals surface area contributed by atoms with Crippen molar-refractivity contribution in [2.45, 2.75) is 25.4 Å². The monoisotopic (exact) mass is 266 g/mol. The van der Waals surface area contributed by atoms with Gasteiger partial charge in [-0.3, -0.25) is 0 Å². The Morgan fingerprint density at radius 2 is 2.26 bits per heavy atom. The van der Waals surface area contributed by atoms with E-state index >= 15 is 0 Å². The lowest BCUT2D eigenvalue weighted by atomic mass is 9.98. The lowest BCUT2D eigenvalue weighted by molar-refractivity contribution is 0.0967. The van der Waals surface area contributed by atoms with Crippen LogP contribution in [0.15, 0.2) is 18.2 Å². The zero-order valence-corrected chi connectivity index (χ0v) is 11.2. The fourth-order valence-electron chi connectivity index (χ4n) is 1.87. The molecule has 0 saturated carbocycles. The second kappa shape index (κ2) is 7.19. The SMILES string of the molecule is COC[C@@](C)(CCO)NCc1cc(C#N)ccc1F. The van der Waals surface area contributed by atoms with E-state index in [0.29, 0.717) is 24.2 Å². The third-order valence-electron chi connectivity index (χ3n) is 3.01. The summed E-state index contributed by atoms with van der Waals surface area (Å²) in [6.45, 7) is 2.61. The zero-order chi connectivity index (χ0) is 14.3. The minimum Gasteiger partial charge on any atom is -0.396 e. The molecule has 0 bridgehead atoms. The van der Waals surface area contributed by atoms with E-state index in [4.69, 9.17) is 15.1 Å². The van der Waals surface area contributed by atoms with E-state index in [1.54, 1.807) is 7.11 Å². The molecule has 2 N–H and O–H groups in total. The van der Waals surface area contributed by atoms with Crippen LogP contribution in [0, 0.1) is 17.1 Å². The molecule has 5 heteroatoms. The Hall–Kier alpha value is -1.48. The number of aliphatic hydroxyl groups excluding tert-OH is 1. The van der Waals surface area contributed by atoms with Gasteiger partial charge >= 0.3 is 0 Å². The Bertz CT molecular complexity index is 451. The Kier molecular flexibility index (Phi) is 5.90. The van der Waals surface area contributed by atoms with Gasteiger partial charge in [-0.25, -0.2) is 4.39 Å². The Labute approximate surface area is 112 Å². The maximum atomic E-state index is 13.6. The average Bonchev–Trinajstić information content (AvgIpc) is 2.38. The molecule has 0 unspecified atom stereocenters. The third kappa shape index (κ3) is 4.60. The van der Waals surface area contributed by atoms with Crippen LogP contribution in [-0.2, 0) is 11.3 Å². The van der Waals surface area contributed by atoms with Crippen molar-refractivity contribution in [3.8, 4) is 6.07 Å². The second-order valence-corrected chi connectivity index (χ2v) is 4.74. The van der Waals surface area contributed by atoms with Crippen molar-refractivity contribution in [1.82, 2.24) is 5.32 Å². The van der Waals surface area contributed by atoms with Crippen LogP contribution in [-0.4, -0.2) is 31.0 Å². The minimum atomic E-state index is -0.432. The lowest BCUT2D eigenvalue weighted by Gasteiger charge is -2.29. The number of methoxy groups -OCH3 is 1. The largest absolute Gasteiger partial charge is 0.396 e. The first-order valence-corrected chi connectivity index (χ1v) is 6.08. The Balaban J connectivity index is 2.76. The molecule has 1 atom stereocenters. The average molecular weight is 266 g/mol. The van der Waals surface area contributed by atoms with Crippen molar-refractivity contribution in [3.63, 3.8) is 0 Å². The van der Waals surface area contributed by atoms with Crippen LogP contribution in [0.2, 0.25) is 0 Å². The first-order valence-electron chi connectivity index (χ1n) is 6.08. The number of benzene rings is 1. The van der Waals surface area contributed by atoms with E-state index in [0.717, 1.165) is 0 Å². The van der Waals surface area contributed by atoms with Gasteiger partial charge in [0.15, 0.2) is 0 Å². The van der Waals surface area contributed by atoms with Crippen LogP contribution < -0.4 is 5.32 Å². The fourth-order valence-corrected chi connectivity index (χ4v) is 1.87. The molecular weight excluding hydrogens is 247 g/mol. The van der Waals surface area contributed by atoms with Gasteiger partial charge in [0.05, 0.1) is 18.2 Å². The van der Waals surface area contributed by atoms with Crippen molar-refractivity contribution in [2.75, 3.05) is 20.3 Å². The summed E-state index contributed by atoms with van der Waals surface area (Å²) >= 11 is 0. The Morgan fingerprint density at radius 3 is 2.84 bits per heavy atom. The van der Waals surface area contributed by atoms with Gasteiger partial charge in [0.25, 0.3) is 0 Å². The van der Waals surface area contributed by atoms with Crippen LogP contribution in [0.1, 0.15) is 24.5 Å². The highest BCUT2D eigenvalue weighted by molar-refractivity contribution is 5.33. The normalized spacial score (nSPS) is 13.8. The van der Waals surface area contributed by atoms with Crippen LogP contribution in [0.5, 0.6) is 0 Å². The number of nitriles is 1. The number of hydrogen-bond acceptors (Lipinski definition) is 4. The molecule has 19 heavy (non-hydrogen) atoms. The molecule has 104 valence electrons. The van der Waals surface area contributed by atoms with Crippen molar-refractivity contribution >= 4 is 0 Å². The molecule has 4 nitrogen and oxygen atoms in total. The maximum Gasteiger partial charge on any atom is 0.127 e. The first kappa shape index (κ1) is 15.6. The Morgan fingerprint density at radius 1 is 1.53 bits per heavy atom. The molecule has 0 aliphatic heterocycles. The third-order valence-corrected chi connectivity index (χ3v) is 3.01. The second-order valence-electron chi connectivity index (χ2n) is 4.74. The van der Waals surface area contributed by atoms with Crippen LogP contribution >= 0.6 is 0 Å². The van der Waals surface area contributed by atoms with Gasteiger partial charge in [-0.1, -0.05) is 0 Å². The maximum absolute atomic E-state index is 13.6. The van der Waals surface area contributed by atoms with Gasteiger partial charge in [-0.05, 0) is 31.5 Å². The smallest absolute Gasteiger partial charge is 0.127 e. The summed E-state index contributed by atoms with van der Waals surface area (Å²) in [4.78, 5) is 0. The summed E-state index contributed by atoms with van der Waals surface area (Å²) in [6, 6.07) is 6.24. The van der Waals surface area contributed by atoms with E-state index in [9.17, 15) is 4.39 Å². The molecule has 0 aromatic heterocycles. The summed E-state index contributed by atoms with van der Waals surface area (Å²) in [5.74, 6) is -0.352. The molecule has 0 radical (unpaired) electrons.